The Hall–Kier alpha value is -1.53. The van der Waals surface area contributed by atoms with E-state index in [4.69, 9.17) is 11.6 Å². The van der Waals surface area contributed by atoms with Crippen LogP contribution in [0.1, 0.15) is 58.2 Å². The number of nitrogens with zero attached hydrogens (tertiary/aromatic N) is 2. The number of halogens is 1. The summed E-state index contributed by atoms with van der Waals surface area (Å²) >= 11 is 5.96. The lowest BCUT2D eigenvalue weighted by Crippen LogP contribution is -2.20. The van der Waals surface area contributed by atoms with Crippen LogP contribution in [0, 0.1) is 0 Å². The van der Waals surface area contributed by atoms with E-state index < -0.39 is 10.0 Å². The molecule has 1 aliphatic carbocycles. The number of aromatic nitrogens is 2. The van der Waals surface area contributed by atoms with Crippen LogP contribution < -0.4 is 4.72 Å². The molecule has 1 heterocycles. The average Bonchev–Trinajstić information content (AvgIpc) is 3.16. The van der Waals surface area contributed by atoms with Crippen molar-refractivity contribution in [3.63, 3.8) is 0 Å². The van der Waals surface area contributed by atoms with Gasteiger partial charge in [0, 0.05) is 16.6 Å². The average molecular weight is 382 g/mol. The smallest absolute Gasteiger partial charge is 0.265 e. The van der Waals surface area contributed by atoms with Gasteiger partial charge in [0.1, 0.15) is 4.90 Å². The Bertz CT molecular complexity index is 863. The summed E-state index contributed by atoms with van der Waals surface area (Å²) in [5.41, 5.74) is 0.664. The molecule has 1 fully saturated rings. The van der Waals surface area contributed by atoms with Crippen molar-refractivity contribution in [3.05, 3.63) is 41.2 Å². The van der Waals surface area contributed by atoms with E-state index in [0.717, 1.165) is 25.7 Å². The van der Waals surface area contributed by atoms with Crippen molar-refractivity contribution in [2.45, 2.75) is 62.8 Å². The van der Waals surface area contributed by atoms with E-state index in [2.05, 4.69) is 9.82 Å². The molecule has 1 saturated carbocycles. The molecule has 0 unspecified atom stereocenters. The zero-order chi connectivity index (χ0) is 18.2. The molecule has 3 rings (SSSR count). The summed E-state index contributed by atoms with van der Waals surface area (Å²) in [5.74, 6) is 0. The maximum Gasteiger partial charge on any atom is 0.265 e. The number of hydrogen-bond acceptors (Lipinski definition) is 3. The fourth-order valence-corrected chi connectivity index (χ4v) is 4.79. The van der Waals surface area contributed by atoms with E-state index in [0.29, 0.717) is 16.4 Å². The van der Waals surface area contributed by atoms with Crippen LogP contribution in [-0.2, 0) is 15.4 Å². The van der Waals surface area contributed by atoms with Crippen LogP contribution in [0.4, 0.5) is 5.69 Å². The van der Waals surface area contributed by atoms with Gasteiger partial charge in [0.25, 0.3) is 10.0 Å². The van der Waals surface area contributed by atoms with Crippen molar-refractivity contribution in [1.29, 1.82) is 0 Å². The second-order valence-corrected chi connectivity index (χ2v) is 9.71. The number of anilines is 1. The highest BCUT2D eigenvalue weighted by Gasteiger charge is 2.32. The van der Waals surface area contributed by atoms with E-state index in [1.54, 1.807) is 30.5 Å². The SMILES string of the molecule is CC(C)(C)c1nn(C2CCCC2)cc1S(=O)(=O)Nc1cccc(Cl)c1. The molecule has 1 N–H and O–H groups in total. The van der Waals surface area contributed by atoms with Gasteiger partial charge < -0.3 is 0 Å². The molecule has 5 nitrogen and oxygen atoms in total. The minimum absolute atomic E-state index is 0.242. The molecule has 1 aliphatic rings. The lowest BCUT2D eigenvalue weighted by Gasteiger charge is -2.18. The third-order valence-corrected chi connectivity index (χ3v) is 6.09. The summed E-state index contributed by atoms with van der Waals surface area (Å²) < 4.78 is 30.5. The van der Waals surface area contributed by atoms with Gasteiger partial charge in [-0.3, -0.25) is 9.40 Å². The number of benzene rings is 1. The van der Waals surface area contributed by atoms with Crippen LogP contribution in [-0.4, -0.2) is 18.2 Å². The molecule has 136 valence electrons. The van der Waals surface area contributed by atoms with Gasteiger partial charge >= 0.3 is 0 Å². The Morgan fingerprint density at radius 1 is 1.24 bits per heavy atom. The van der Waals surface area contributed by atoms with E-state index >= 15 is 0 Å². The quantitative estimate of drug-likeness (QED) is 0.831. The first-order chi connectivity index (χ1) is 11.7. The standard InChI is InChI=1S/C18H24ClN3O2S/c1-18(2,3)17-16(12-22(20-17)15-9-4-5-10-15)25(23,24)21-14-8-6-7-13(19)11-14/h6-8,11-12,15,21H,4-5,9-10H2,1-3H3. The summed E-state index contributed by atoms with van der Waals surface area (Å²) in [7, 11) is -3.74. The Morgan fingerprint density at radius 2 is 1.92 bits per heavy atom. The summed E-state index contributed by atoms with van der Waals surface area (Å²) in [6.07, 6.45) is 6.11. The predicted octanol–water partition coefficient (Wildman–Crippen LogP) is 4.75. The molecule has 0 atom stereocenters. The number of rotatable bonds is 4. The zero-order valence-electron chi connectivity index (χ0n) is 14.8. The van der Waals surface area contributed by atoms with Crippen molar-refractivity contribution in [2.24, 2.45) is 0 Å². The summed E-state index contributed by atoms with van der Waals surface area (Å²) in [6.45, 7) is 5.94. The minimum atomic E-state index is -3.74. The van der Waals surface area contributed by atoms with Gasteiger partial charge in [-0.05, 0) is 31.0 Å². The Balaban J connectivity index is 2.01. The molecule has 0 bridgehead atoms. The van der Waals surface area contributed by atoms with Crippen LogP contribution in [0.5, 0.6) is 0 Å². The Kier molecular flexibility index (Phi) is 4.86. The van der Waals surface area contributed by atoms with Gasteiger partial charge in [0.05, 0.1) is 17.4 Å². The monoisotopic (exact) mass is 381 g/mol. The van der Waals surface area contributed by atoms with Crippen molar-refractivity contribution in [1.82, 2.24) is 9.78 Å². The highest BCUT2D eigenvalue weighted by molar-refractivity contribution is 7.92. The van der Waals surface area contributed by atoms with Crippen LogP contribution in [0.25, 0.3) is 0 Å². The predicted molar refractivity (Wildman–Crippen MR) is 101 cm³/mol. The second-order valence-electron chi connectivity index (χ2n) is 7.63. The molecule has 0 spiro atoms. The number of sulfonamides is 1. The molecule has 0 amide bonds. The third kappa shape index (κ3) is 4.01. The molecule has 7 heteroatoms. The van der Waals surface area contributed by atoms with Gasteiger partial charge in [-0.2, -0.15) is 5.10 Å². The molecular formula is C18H24ClN3O2S. The number of nitrogens with one attached hydrogen (secondary N) is 1. The first-order valence-corrected chi connectivity index (χ1v) is 10.4. The lowest BCUT2D eigenvalue weighted by atomic mass is 9.92. The second kappa shape index (κ2) is 6.65. The van der Waals surface area contributed by atoms with Crippen LogP contribution in [0.3, 0.4) is 0 Å². The van der Waals surface area contributed by atoms with E-state index in [1.807, 2.05) is 25.5 Å². The molecular weight excluding hydrogens is 358 g/mol. The first kappa shape index (κ1) is 18.3. The normalized spacial score (nSPS) is 16.3. The molecule has 0 radical (unpaired) electrons. The van der Waals surface area contributed by atoms with E-state index in [1.165, 1.54) is 0 Å². The topological polar surface area (TPSA) is 64.0 Å². The van der Waals surface area contributed by atoms with E-state index in [9.17, 15) is 8.42 Å². The highest BCUT2D eigenvalue weighted by Crippen LogP contribution is 2.34. The van der Waals surface area contributed by atoms with Crippen molar-refractivity contribution < 1.29 is 8.42 Å². The number of hydrogen-bond donors (Lipinski definition) is 1. The maximum atomic E-state index is 13.0. The maximum absolute atomic E-state index is 13.0. The van der Waals surface area contributed by atoms with Crippen LogP contribution in [0.2, 0.25) is 5.02 Å². The Morgan fingerprint density at radius 3 is 2.52 bits per heavy atom. The van der Waals surface area contributed by atoms with Crippen molar-refractivity contribution >= 4 is 27.3 Å². The van der Waals surface area contributed by atoms with Gasteiger partial charge in [-0.15, -0.1) is 0 Å². The molecule has 25 heavy (non-hydrogen) atoms. The zero-order valence-corrected chi connectivity index (χ0v) is 16.4. The van der Waals surface area contributed by atoms with Crippen molar-refractivity contribution in [2.75, 3.05) is 4.72 Å². The fraction of sp³-hybridized carbons (Fsp3) is 0.500. The van der Waals surface area contributed by atoms with Gasteiger partial charge in [-0.25, -0.2) is 8.42 Å². The molecule has 0 aliphatic heterocycles. The van der Waals surface area contributed by atoms with E-state index in [-0.39, 0.29) is 16.4 Å². The minimum Gasteiger partial charge on any atom is -0.279 e. The molecule has 1 aromatic carbocycles. The van der Waals surface area contributed by atoms with Gasteiger partial charge in [-0.1, -0.05) is 51.3 Å². The van der Waals surface area contributed by atoms with Crippen LogP contribution >= 0.6 is 11.6 Å². The van der Waals surface area contributed by atoms with Gasteiger partial charge in [0.15, 0.2) is 0 Å². The Labute approximate surface area is 154 Å². The molecule has 2 aromatic rings. The lowest BCUT2D eigenvalue weighted by molar-refractivity contribution is 0.448. The summed E-state index contributed by atoms with van der Waals surface area (Å²) in [5, 5.41) is 5.14. The first-order valence-electron chi connectivity index (χ1n) is 8.55. The highest BCUT2D eigenvalue weighted by atomic mass is 35.5. The summed E-state index contributed by atoms with van der Waals surface area (Å²) in [6, 6.07) is 6.99. The fourth-order valence-electron chi connectivity index (χ4n) is 3.21. The van der Waals surface area contributed by atoms with Crippen molar-refractivity contribution in [3.8, 4) is 0 Å². The molecule has 0 saturated heterocycles. The third-order valence-electron chi connectivity index (χ3n) is 4.47. The largest absolute Gasteiger partial charge is 0.279 e. The summed E-state index contributed by atoms with van der Waals surface area (Å²) in [4.78, 5) is 0.242. The van der Waals surface area contributed by atoms with Crippen LogP contribution in [0.15, 0.2) is 35.4 Å². The van der Waals surface area contributed by atoms with Gasteiger partial charge in [0.2, 0.25) is 0 Å². The molecule has 1 aromatic heterocycles.